The van der Waals surface area contributed by atoms with Crippen molar-refractivity contribution in [3.05, 3.63) is 28.8 Å². The van der Waals surface area contributed by atoms with Crippen molar-refractivity contribution in [2.75, 3.05) is 32.0 Å². The largest absolute Gasteiger partial charge is 0.398 e. The molecule has 1 heterocycles. The minimum Gasteiger partial charge on any atom is -0.398 e. The van der Waals surface area contributed by atoms with Crippen LogP contribution in [0.5, 0.6) is 0 Å². The highest BCUT2D eigenvalue weighted by atomic mass is 35.5. The molecule has 1 amide bonds. The summed E-state index contributed by atoms with van der Waals surface area (Å²) in [6.45, 7) is 2.63. The molecule has 92 valence electrons. The van der Waals surface area contributed by atoms with Crippen LogP contribution in [0.15, 0.2) is 18.2 Å². The van der Waals surface area contributed by atoms with Crippen molar-refractivity contribution in [3.8, 4) is 0 Å². The van der Waals surface area contributed by atoms with E-state index in [4.69, 9.17) is 22.1 Å². The lowest BCUT2D eigenvalue weighted by Crippen LogP contribution is -2.48. The molecule has 0 saturated carbocycles. The van der Waals surface area contributed by atoms with Crippen molar-refractivity contribution in [2.24, 2.45) is 0 Å². The number of ether oxygens (including phenoxy) is 1. The number of hydrazine groups is 1. The first-order valence-corrected chi connectivity index (χ1v) is 5.73. The van der Waals surface area contributed by atoms with Crippen LogP contribution in [0, 0.1) is 0 Å². The summed E-state index contributed by atoms with van der Waals surface area (Å²) in [4.78, 5) is 11.9. The van der Waals surface area contributed by atoms with Crippen LogP contribution in [0.1, 0.15) is 10.4 Å². The lowest BCUT2D eigenvalue weighted by atomic mass is 10.2. The summed E-state index contributed by atoms with van der Waals surface area (Å²) in [6, 6.07) is 4.83. The molecule has 0 radical (unpaired) electrons. The number of hydrogen-bond donors (Lipinski definition) is 2. The Hall–Kier alpha value is -1.30. The maximum Gasteiger partial charge on any atom is 0.265 e. The van der Waals surface area contributed by atoms with Gasteiger partial charge in [0.15, 0.2) is 0 Å². The quantitative estimate of drug-likeness (QED) is 0.771. The summed E-state index contributed by atoms with van der Waals surface area (Å²) in [5.74, 6) is -0.185. The number of hydrogen-bond acceptors (Lipinski definition) is 4. The first-order valence-electron chi connectivity index (χ1n) is 5.35. The summed E-state index contributed by atoms with van der Waals surface area (Å²) >= 11 is 5.79. The SMILES string of the molecule is Nc1cc(C(=O)NN2CCOCC2)ccc1Cl. The number of morpholine rings is 1. The molecule has 2 rings (SSSR count). The molecule has 17 heavy (non-hydrogen) atoms. The number of carbonyl (C=O) groups is 1. The van der Waals surface area contributed by atoms with Gasteiger partial charge in [-0.3, -0.25) is 10.2 Å². The summed E-state index contributed by atoms with van der Waals surface area (Å²) in [7, 11) is 0. The van der Waals surface area contributed by atoms with Crippen molar-refractivity contribution in [1.29, 1.82) is 0 Å². The van der Waals surface area contributed by atoms with Crippen LogP contribution in [0.25, 0.3) is 0 Å². The van der Waals surface area contributed by atoms with Gasteiger partial charge in [0.05, 0.1) is 23.9 Å². The number of nitrogens with two attached hydrogens (primary N) is 1. The van der Waals surface area contributed by atoms with E-state index in [2.05, 4.69) is 5.43 Å². The standard InChI is InChI=1S/C11H14ClN3O2/c12-9-2-1-8(7-10(9)13)11(16)14-15-3-5-17-6-4-15/h1-2,7H,3-6,13H2,(H,14,16). The van der Waals surface area contributed by atoms with Crippen molar-refractivity contribution in [2.45, 2.75) is 0 Å². The molecule has 1 aliphatic rings. The van der Waals surface area contributed by atoms with E-state index >= 15 is 0 Å². The number of amides is 1. The molecule has 0 aliphatic carbocycles. The number of carbonyl (C=O) groups excluding carboxylic acids is 1. The van der Waals surface area contributed by atoms with E-state index in [1.807, 2.05) is 5.01 Å². The predicted molar refractivity (Wildman–Crippen MR) is 65.7 cm³/mol. The van der Waals surface area contributed by atoms with Crippen LogP contribution in [0.3, 0.4) is 0 Å². The van der Waals surface area contributed by atoms with Gasteiger partial charge in [0, 0.05) is 18.7 Å². The average Bonchev–Trinajstić information content (AvgIpc) is 2.34. The van der Waals surface area contributed by atoms with Crippen LogP contribution < -0.4 is 11.2 Å². The third-order valence-corrected chi connectivity index (χ3v) is 2.87. The van der Waals surface area contributed by atoms with Gasteiger partial charge in [0.2, 0.25) is 0 Å². The van der Waals surface area contributed by atoms with Crippen LogP contribution >= 0.6 is 11.6 Å². The lowest BCUT2D eigenvalue weighted by Gasteiger charge is -2.26. The van der Waals surface area contributed by atoms with E-state index in [-0.39, 0.29) is 5.91 Å². The molecule has 0 unspecified atom stereocenters. The number of benzene rings is 1. The second kappa shape index (κ2) is 5.35. The molecule has 6 heteroatoms. The van der Waals surface area contributed by atoms with Crippen LogP contribution in [-0.4, -0.2) is 37.2 Å². The zero-order valence-corrected chi connectivity index (χ0v) is 10.0. The first kappa shape index (κ1) is 12.2. The van der Waals surface area contributed by atoms with Crippen molar-refractivity contribution in [1.82, 2.24) is 10.4 Å². The minimum atomic E-state index is -0.185. The van der Waals surface area contributed by atoms with E-state index in [0.717, 1.165) is 0 Å². The summed E-state index contributed by atoms with van der Waals surface area (Å²) in [5, 5.41) is 2.28. The Labute approximate surface area is 104 Å². The second-order valence-corrected chi connectivity index (χ2v) is 4.18. The fraction of sp³-hybridized carbons (Fsp3) is 0.364. The molecule has 0 aromatic heterocycles. The van der Waals surface area contributed by atoms with Crippen molar-refractivity contribution >= 4 is 23.2 Å². The van der Waals surface area contributed by atoms with Crippen LogP contribution in [-0.2, 0) is 4.74 Å². The third kappa shape index (κ3) is 3.09. The van der Waals surface area contributed by atoms with Gasteiger partial charge in [0.25, 0.3) is 5.91 Å². The van der Waals surface area contributed by atoms with Crippen LogP contribution in [0.4, 0.5) is 5.69 Å². The fourth-order valence-corrected chi connectivity index (χ4v) is 1.69. The average molecular weight is 256 g/mol. The summed E-state index contributed by atoms with van der Waals surface area (Å²) in [6.07, 6.45) is 0. The van der Waals surface area contributed by atoms with Crippen molar-refractivity contribution in [3.63, 3.8) is 0 Å². The molecule has 5 nitrogen and oxygen atoms in total. The van der Waals surface area contributed by atoms with Crippen LogP contribution in [0.2, 0.25) is 5.02 Å². The molecule has 1 saturated heterocycles. The van der Waals surface area contributed by atoms with Gasteiger partial charge in [0.1, 0.15) is 0 Å². The molecule has 3 N–H and O–H groups in total. The smallest absolute Gasteiger partial charge is 0.265 e. The van der Waals surface area contributed by atoms with Gasteiger partial charge in [-0.2, -0.15) is 0 Å². The predicted octanol–water partition coefficient (Wildman–Crippen LogP) is 0.899. The molecule has 1 aromatic rings. The zero-order valence-electron chi connectivity index (χ0n) is 9.28. The Morgan fingerprint density at radius 2 is 2.12 bits per heavy atom. The molecular weight excluding hydrogens is 242 g/mol. The van der Waals surface area contributed by atoms with Crippen molar-refractivity contribution < 1.29 is 9.53 Å². The lowest BCUT2D eigenvalue weighted by molar-refractivity contribution is 0.0126. The normalized spacial score (nSPS) is 16.8. The number of nitrogens with zero attached hydrogens (tertiary/aromatic N) is 1. The minimum absolute atomic E-state index is 0.185. The molecule has 1 fully saturated rings. The Balaban J connectivity index is 2.01. The molecular formula is C11H14ClN3O2. The zero-order chi connectivity index (χ0) is 12.3. The Morgan fingerprint density at radius 1 is 1.41 bits per heavy atom. The number of rotatable bonds is 2. The highest BCUT2D eigenvalue weighted by molar-refractivity contribution is 6.33. The highest BCUT2D eigenvalue weighted by Gasteiger charge is 2.14. The molecule has 0 atom stereocenters. The topological polar surface area (TPSA) is 67.6 Å². The number of halogens is 1. The van der Waals surface area contributed by atoms with Gasteiger partial charge in [-0.25, -0.2) is 5.01 Å². The van der Waals surface area contributed by atoms with Gasteiger partial charge in [-0.15, -0.1) is 0 Å². The van der Waals surface area contributed by atoms with Gasteiger partial charge in [-0.05, 0) is 18.2 Å². The maximum atomic E-state index is 11.9. The molecule has 1 aliphatic heterocycles. The van der Waals surface area contributed by atoms with E-state index in [9.17, 15) is 4.79 Å². The number of nitrogens with one attached hydrogen (secondary N) is 1. The van der Waals surface area contributed by atoms with Gasteiger partial charge in [-0.1, -0.05) is 11.6 Å². The van der Waals surface area contributed by atoms with E-state index < -0.39 is 0 Å². The third-order valence-electron chi connectivity index (χ3n) is 2.53. The van der Waals surface area contributed by atoms with Gasteiger partial charge < -0.3 is 10.5 Å². The maximum absolute atomic E-state index is 11.9. The monoisotopic (exact) mass is 255 g/mol. The summed E-state index contributed by atoms with van der Waals surface area (Å²) < 4.78 is 5.19. The Morgan fingerprint density at radius 3 is 2.76 bits per heavy atom. The number of anilines is 1. The highest BCUT2D eigenvalue weighted by Crippen LogP contribution is 2.19. The van der Waals surface area contributed by atoms with E-state index in [1.165, 1.54) is 0 Å². The first-order chi connectivity index (χ1) is 8.16. The number of nitrogen functional groups attached to an aromatic ring is 1. The van der Waals surface area contributed by atoms with E-state index in [0.29, 0.717) is 42.6 Å². The Bertz CT molecular complexity index is 419. The fourth-order valence-electron chi connectivity index (χ4n) is 1.57. The molecule has 0 spiro atoms. The second-order valence-electron chi connectivity index (χ2n) is 3.78. The van der Waals surface area contributed by atoms with E-state index in [1.54, 1.807) is 18.2 Å². The van der Waals surface area contributed by atoms with Gasteiger partial charge >= 0.3 is 0 Å². The molecule has 0 bridgehead atoms. The molecule has 1 aromatic carbocycles. The summed E-state index contributed by atoms with van der Waals surface area (Å²) in [5.41, 5.74) is 9.35. The Kier molecular flexibility index (Phi) is 3.83.